The minimum absolute atomic E-state index is 0.0487. The number of anilines is 1. The second-order valence-corrected chi connectivity index (χ2v) is 6.41. The van der Waals surface area contributed by atoms with Crippen LogP contribution < -0.4 is 14.2 Å². The summed E-state index contributed by atoms with van der Waals surface area (Å²) in [5, 5.41) is 10.2. The van der Waals surface area contributed by atoms with Crippen molar-refractivity contribution >= 4 is 21.4 Å². The van der Waals surface area contributed by atoms with Gasteiger partial charge in [0.15, 0.2) is 11.5 Å². The van der Waals surface area contributed by atoms with Crippen LogP contribution in [0.1, 0.15) is 13.8 Å². The molecule has 0 radical (unpaired) electrons. The average Bonchev–Trinajstić information content (AvgIpc) is 2.73. The van der Waals surface area contributed by atoms with Crippen LogP contribution >= 0.6 is 0 Å². The Kier molecular flexibility index (Phi) is 3.23. The van der Waals surface area contributed by atoms with Crippen LogP contribution in [0.4, 0.5) is 11.4 Å². The molecule has 0 fully saturated rings. The lowest BCUT2D eigenvalue weighted by Gasteiger charge is -2.11. The first-order valence-electron chi connectivity index (χ1n) is 5.41. The van der Waals surface area contributed by atoms with Gasteiger partial charge in [-0.1, -0.05) is 0 Å². The predicted molar refractivity (Wildman–Crippen MR) is 66.9 cm³/mol. The maximum Gasteiger partial charge on any atom is 0.297 e. The van der Waals surface area contributed by atoms with E-state index in [0.29, 0.717) is 0 Å². The van der Waals surface area contributed by atoms with Crippen LogP contribution in [0.3, 0.4) is 0 Å². The number of hydrogen-bond donors (Lipinski definition) is 1. The Morgan fingerprint density at radius 1 is 1.32 bits per heavy atom. The van der Waals surface area contributed by atoms with Gasteiger partial charge in [-0.2, -0.15) is 0 Å². The number of nitro groups is 1. The summed E-state index contributed by atoms with van der Waals surface area (Å²) in [6.07, 6.45) is 0. The smallest absolute Gasteiger partial charge is 0.297 e. The zero-order valence-corrected chi connectivity index (χ0v) is 11.1. The number of hydrogen-bond acceptors (Lipinski definition) is 6. The van der Waals surface area contributed by atoms with Gasteiger partial charge in [0.2, 0.25) is 16.8 Å². The molecule has 0 atom stereocenters. The van der Waals surface area contributed by atoms with E-state index in [2.05, 4.69) is 4.72 Å². The van der Waals surface area contributed by atoms with Gasteiger partial charge < -0.3 is 9.47 Å². The molecule has 104 valence electrons. The zero-order valence-electron chi connectivity index (χ0n) is 10.2. The molecule has 0 unspecified atom stereocenters. The second kappa shape index (κ2) is 4.57. The van der Waals surface area contributed by atoms with E-state index >= 15 is 0 Å². The van der Waals surface area contributed by atoms with Crippen molar-refractivity contribution in [3.8, 4) is 11.5 Å². The van der Waals surface area contributed by atoms with Crippen LogP contribution in [-0.4, -0.2) is 25.4 Å². The third kappa shape index (κ3) is 2.55. The van der Waals surface area contributed by atoms with Crippen LogP contribution in [0.2, 0.25) is 0 Å². The minimum atomic E-state index is -3.68. The Labute approximate surface area is 109 Å². The predicted octanol–water partition coefficient (Wildman–Crippen LogP) is 1.47. The molecule has 0 aromatic heterocycles. The lowest BCUT2D eigenvalue weighted by atomic mass is 10.2. The summed E-state index contributed by atoms with van der Waals surface area (Å²) in [5.41, 5.74) is -0.517. The Morgan fingerprint density at radius 2 is 1.89 bits per heavy atom. The van der Waals surface area contributed by atoms with Crippen LogP contribution in [0.5, 0.6) is 11.5 Å². The quantitative estimate of drug-likeness (QED) is 0.664. The van der Waals surface area contributed by atoms with E-state index in [4.69, 9.17) is 9.47 Å². The molecule has 0 aliphatic carbocycles. The van der Waals surface area contributed by atoms with Gasteiger partial charge in [-0.25, -0.2) is 8.42 Å². The number of nitro benzene ring substituents is 1. The summed E-state index contributed by atoms with van der Waals surface area (Å²) < 4.78 is 35.8. The van der Waals surface area contributed by atoms with Crippen molar-refractivity contribution in [1.82, 2.24) is 0 Å². The van der Waals surface area contributed by atoms with Gasteiger partial charge in [0.05, 0.1) is 16.2 Å². The fourth-order valence-corrected chi connectivity index (χ4v) is 2.14. The number of ether oxygens (including phenoxy) is 2. The molecule has 1 aliphatic rings. The van der Waals surface area contributed by atoms with E-state index in [1.165, 1.54) is 19.9 Å². The second-order valence-electron chi connectivity index (χ2n) is 4.18. The van der Waals surface area contributed by atoms with E-state index in [9.17, 15) is 18.5 Å². The van der Waals surface area contributed by atoms with Gasteiger partial charge in [-0.05, 0) is 13.8 Å². The molecule has 2 rings (SSSR count). The van der Waals surface area contributed by atoms with Gasteiger partial charge in [0.1, 0.15) is 5.69 Å². The summed E-state index contributed by atoms with van der Waals surface area (Å²) in [7, 11) is -3.68. The van der Waals surface area contributed by atoms with Gasteiger partial charge >= 0.3 is 0 Å². The number of nitrogens with zero attached hydrogens (tertiary/aromatic N) is 1. The first kappa shape index (κ1) is 13.4. The van der Waals surface area contributed by atoms with Crippen LogP contribution in [-0.2, 0) is 10.0 Å². The standard InChI is InChI=1S/C10H12N2O6S/c1-6(2)19(15,16)11-7-3-9-10(18-5-17-9)4-8(7)12(13)14/h3-4,6,11H,5H2,1-2H3. The summed E-state index contributed by atoms with van der Waals surface area (Å²) in [6.45, 7) is 2.90. The molecule has 0 amide bonds. The summed E-state index contributed by atoms with van der Waals surface area (Å²) >= 11 is 0. The minimum Gasteiger partial charge on any atom is -0.454 e. The normalized spacial score (nSPS) is 13.6. The fraction of sp³-hybridized carbons (Fsp3) is 0.400. The monoisotopic (exact) mass is 288 g/mol. The fourth-order valence-electron chi connectivity index (χ4n) is 1.44. The maximum atomic E-state index is 11.8. The molecule has 0 saturated carbocycles. The number of sulfonamides is 1. The van der Waals surface area contributed by atoms with Crippen LogP contribution in [0.15, 0.2) is 12.1 Å². The third-order valence-electron chi connectivity index (χ3n) is 2.56. The maximum absolute atomic E-state index is 11.8. The van der Waals surface area contributed by atoms with Gasteiger partial charge in [0, 0.05) is 6.07 Å². The van der Waals surface area contributed by atoms with Gasteiger partial charge in [-0.3, -0.25) is 14.8 Å². The highest BCUT2D eigenvalue weighted by Gasteiger charge is 2.27. The molecule has 19 heavy (non-hydrogen) atoms. The Hall–Kier alpha value is -2.03. The van der Waals surface area contributed by atoms with E-state index in [1.54, 1.807) is 0 Å². The average molecular weight is 288 g/mol. The molecule has 1 heterocycles. The SMILES string of the molecule is CC(C)S(=O)(=O)Nc1cc2c(cc1[N+](=O)[O-])OCO2. The van der Waals surface area contributed by atoms with Crippen molar-refractivity contribution in [3.05, 3.63) is 22.2 Å². The molecule has 1 aromatic rings. The summed E-state index contributed by atoms with van der Waals surface area (Å²) in [4.78, 5) is 10.3. The largest absolute Gasteiger partial charge is 0.454 e. The lowest BCUT2D eigenvalue weighted by Crippen LogP contribution is -2.22. The summed E-state index contributed by atoms with van der Waals surface area (Å²) in [5.74, 6) is 0.492. The number of benzene rings is 1. The molecular formula is C10H12N2O6S. The molecular weight excluding hydrogens is 276 g/mol. The van der Waals surface area contributed by atoms with E-state index in [-0.39, 0.29) is 29.7 Å². The van der Waals surface area contributed by atoms with Crippen LogP contribution in [0.25, 0.3) is 0 Å². The highest BCUT2D eigenvalue weighted by molar-refractivity contribution is 7.93. The van der Waals surface area contributed by atoms with Crippen molar-refractivity contribution in [2.75, 3.05) is 11.5 Å². The molecule has 0 bridgehead atoms. The number of fused-ring (bicyclic) bond motifs is 1. The lowest BCUT2D eigenvalue weighted by molar-refractivity contribution is -0.383. The first-order valence-corrected chi connectivity index (χ1v) is 6.95. The van der Waals surface area contributed by atoms with Crippen molar-refractivity contribution in [1.29, 1.82) is 0 Å². The highest BCUT2D eigenvalue weighted by Crippen LogP contribution is 2.40. The van der Waals surface area contributed by atoms with Crippen LogP contribution in [0, 0.1) is 10.1 Å². The number of nitrogens with one attached hydrogen (secondary N) is 1. The van der Waals surface area contributed by atoms with Crippen molar-refractivity contribution in [2.45, 2.75) is 19.1 Å². The van der Waals surface area contributed by atoms with Crippen molar-refractivity contribution in [3.63, 3.8) is 0 Å². The number of rotatable bonds is 4. The molecule has 1 N–H and O–H groups in total. The summed E-state index contributed by atoms with van der Waals surface area (Å²) in [6, 6.07) is 2.39. The molecule has 1 aliphatic heterocycles. The van der Waals surface area contributed by atoms with E-state index in [1.807, 2.05) is 0 Å². The molecule has 0 spiro atoms. The third-order valence-corrected chi connectivity index (χ3v) is 4.31. The Bertz CT molecular complexity index is 625. The van der Waals surface area contributed by atoms with E-state index in [0.717, 1.165) is 6.07 Å². The van der Waals surface area contributed by atoms with Crippen molar-refractivity contribution < 1.29 is 22.8 Å². The van der Waals surface area contributed by atoms with Crippen molar-refractivity contribution in [2.24, 2.45) is 0 Å². The Morgan fingerprint density at radius 3 is 2.42 bits per heavy atom. The van der Waals surface area contributed by atoms with E-state index < -0.39 is 20.2 Å². The molecule has 9 heteroatoms. The Balaban J connectivity index is 2.47. The first-order chi connectivity index (χ1) is 8.81. The topological polar surface area (TPSA) is 108 Å². The highest BCUT2D eigenvalue weighted by atomic mass is 32.2. The molecule has 8 nitrogen and oxygen atoms in total. The molecule has 1 aromatic carbocycles. The zero-order chi connectivity index (χ0) is 14.2. The van der Waals surface area contributed by atoms with Gasteiger partial charge in [-0.15, -0.1) is 0 Å². The van der Waals surface area contributed by atoms with Gasteiger partial charge in [0.25, 0.3) is 5.69 Å². The molecule has 0 saturated heterocycles.